The molecule has 5 heteroatoms. The monoisotopic (exact) mass is 408 g/mol. The van der Waals surface area contributed by atoms with Crippen LogP contribution in [0.1, 0.15) is 52.4 Å². The van der Waals surface area contributed by atoms with Crippen molar-refractivity contribution >= 4 is 17.3 Å². The molecule has 2 N–H and O–H groups in total. The van der Waals surface area contributed by atoms with Gasteiger partial charge in [-0.25, -0.2) is 5.43 Å². The number of rotatable bonds is 4. The Kier molecular flexibility index (Phi) is 5.08. The maximum absolute atomic E-state index is 12.3. The van der Waals surface area contributed by atoms with Gasteiger partial charge in [0.05, 0.1) is 17.3 Å². The van der Waals surface area contributed by atoms with Gasteiger partial charge < -0.3 is 5.32 Å². The van der Waals surface area contributed by atoms with Crippen LogP contribution >= 0.6 is 0 Å². The Bertz CT molecular complexity index is 1150. The van der Waals surface area contributed by atoms with E-state index in [1.807, 2.05) is 6.92 Å². The molecule has 1 amide bonds. The minimum atomic E-state index is -0.267. The van der Waals surface area contributed by atoms with Gasteiger partial charge in [0.1, 0.15) is 0 Å². The number of benzene rings is 2. The summed E-state index contributed by atoms with van der Waals surface area (Å²) < 4.78 is 0. The van der Waals surface area contributed by atoms with Gasteiger partial charge in [0.15, 0.2) is 0 Å². The summed E-state index contributed by atoms with van der Waals surface area (Å²) in [6.45, 7) is 1.91. The van der Waals surface area contributed by atoms with Crippen molar-refractivity contribution in [2.45, 2.75) is 25.3 Å². The van der Waals surface area contributed by atoms with Gasteiger partial charge >= 0.3 is 0 Å². The molecule has 1 aliphatic carbocycles. The van der Waals surface area contributed by atoms with Crippen molar-refractivity contribution in [2.75, 3.05) is 5.32 Å². The summed E-state index contributed by atoms with van der Waals surface area (Å²) in [6.07, 6.45) is 8.86. The summed E-state index contributed by atoms with van der Waals surface area (Å²) in [5.74, 6) is 0.600. The normalized spacial score (nSPS) is 21.7. The van der Waals surface area contributed by atoms with Crippen LogP contribution in [0.5, 0.6) is 0 Å². The molecule has 3 aromatic rings. The molecular weight excluding hydrogens is 384 g/mol. The van der Waals surface area contributed by atoms with Crippen LogP contribution in [0, 0.1) is 5.92 Å². The van der Waals surface area contributed by atoms with Crippen LogP contribution in [0.3, 0.4) is 0 Å². The molecule has 5 rings (SSSR count). The van der Waals surface area contributed by atoms with Crippen molar-refractivity contribution in [1.29, 1.82) is 0 Å². The number of amides is 1. The van der Waals surface area contributed by atoms with Gasteiger partial charge in [-0.1, -0.05) is 48.6 Å². The van der Waals surface area contributed by atoms with Crippen LogP contribution in [-0.2, 0) is 0 Å². The first-order valence-electron chi connectivity index (χ1n) is 10.6. The van der Waals surface area contributed by atoms with Gasteiger partial charge in [-0.15, -0.1) is 0 Å². The lowest BCUT2D eigenvalue weighted by molar-refractivity contribution is 0.0954. The number of hydrogen-bond donors (Lipinski definition) is 2. The smallest absolute Gasteiger partial charge is 0.272 e. The van der Waals surface area contributed by atoms with Gasteiger partial charge in [-0.05, 0) is 60.2 Å². The molecule has 31 heavy (non-hydrogen) atoms. The van der Waals surface area contributed by atoms with Crippen LogP contribution in [0.4, 0.5) is 5.69 Å². The van der Waals surface area contributed by atoms with E-state index < -0.39 is 0 Å². The molecule has 0 saturated carbocycles. The fourth-order valence-corrected chi connectivity index (χ4v) is 4.57. The minimum absolute atomic E-state index is 0.267. The van der Waals surface area contributed by atoms with E-state index in [2.05, 4.69) is 81.5 Å². The lowest BCUT2D eigenvalue weighted by Gasteiger charge is -2.37. The van der Waals surface area contributed by atoms with Crippen LogP contribution in [0.25, 0.3) is 0 Å². The van der Waals surface area contributed by atoms with Gasteiger partial charge in [0, 0.05) is 24.0 Å². The summed E-state index contributed by atoms with van der Waals surface area (Å²) in [5.41, 5.74) is 8.67. The lowest BCUT2D eigenvalue weighted by Crippen LogP contribution is -2.29. The highest BCUT2D eigenvalue weighted by Crippen LogP contribution is 2.49. The number of anilines is 1. The number of pyridine rings is 1. The Morgan fingerprint density at radius 1 is 1.10 bits per heavy atom. The molecule has 0 radical (unpaired) electrons. The predicted octanol–water partition coefficient (Wildman–Crippen LogP) is 5.06. The topological polar surface area (TPSA) is 66.4 Å². The zero-order valence-corrected chi connectivity index (χ0v) is 17.3. The number of nitrogens with zero attached hydrogens (tertiary/aromatic N) is 2. The number of nitrogens with one attached hydrogen (secondary N) is 2. The van der Waals surface area contributed by atoms with Crippen LogP contribution in [-0.4, -0.2) is 16.6 Å². The second-order valence-electron chi connectivity index (χ2n) is 8.07. The molecular formula is C26H24N4O. The number of allylic oxidation sites excluding steroid dienone is 2. The van der Waals surface area contributed by atoms with Crippen molar-refractivity contribution < 1.29 is 4.79 Å². The molecule has 0 unspecified atom stereocenters. The third-order valence-corrected chi connectivity index (χ3v) is 6.19. The fourth-order valence-electron chi connectivity index (χ4n) is 4.57. The predicted molar refractivity (Wildman–Crippen MR) is 123 cm³/mol. The molecule has 1 aliphatic heterocycles. The molecule has 2 aromatic carbocycles. The lowest BCUT2D eigenvalue weighted by atomic mass is 9.76. The Balaban J connectivity index is 1.40. The van der Waals surface area contributed by atoms with Crippen molar-refractivity contribution in [3.8, 4) is 0 Å². The number of hydrazone groups is 1. The maximum atomic E-state index is 12.3. The van der Waals surface area contributed by atoms with Gasteiger partial charge in [0.25, 0.3) is 5.91 Å². The molecule has 2 aliphatic rings. The Labute approximate surface area is 181 Å². The molecule has 154 valence electrons. The van der Waals surface area contributed by atoms with E-state index in [1.165, 1.54) is 17.3 Å². The van der Waals surface area contributed by atoms with Crippen LogP contribution in [0.15, 0.2) is 90.3 Å². The standard InChI is InChI=1S/C26H24N4O/c1-17(29-30-26(31)20-9-6-14-27-16-20)19-12-13-24-23(15-19)21-10-5-11-22(21)25(28-24)18-7-3-2-4-8-18/h2-10,12-16,21-22,25,28H,11H2,1H3,(H,30,31)/b29-17-/t21-,22-,25-/m0/s1. The summed E-state index contributed by atoms with van der Waals surface area (Å²) >= 11 is 0. The van der Waals surface area contributed by atoms with E-state index in [4.69, 9.17) is 0 Å². The van der Waals surface area contributed by atoms with Crippen molar-refractivity contribution in [3.05, 3.63) is 107 Å². The number of carbonyl (C=O) groups excluding carboxylic acids is 1. The summed E-state index contributed by atoms with van der Waals surface area (Å²) in [6, 6.07) is 20.8. The summed E-state index contributed by atoms with van der Waals surface area (Å²) in [7, 11) is 0. The van der Waals surface area contributed by atoms with Crippen molar-refractivity contribution in [2.24, 2.45) is 11.0 Å². The van der Waals surface area contributed by atoms with E-state index in [-0.39, 0.29) is 5.91 Å². The number of aromatic nitrogens is 1. The molecule has 0 saturated heterocycles. The van der Waals surface area contributed by atoms with E-state index in [1.54, 1.807) is 18.3 Å². The Morgan fingerprint density at radius 3 is 2.77 bits per heavy atom. The van der Waals surface area contributed by atoms with E-state index in [0.717, 1.165) is 23.4 Å². The third-order valence-electron chi connectivity index (χ3n) is 6.19. The highest BCUT2D eigenvalue weighted by Gasteiger charge is 2.37. The fraction of sp³-hybridized carbons (Fsp3) is 0.192. The zero-order valence-electron chi connectivity index (χ0n) is 17.3. The highest BCUT2D eigenvalue weighted by atomic mass is 16.2. The minimum Gasteiger partial charge on any atom is -0.378 e. The molecule has 0 bridgehead atoms. The number of carbonyl (C=O) groups is 1. The van der Waals surface area contributed by atoms with E-state index >= 15 is 0 Å². The maximum Gasteiger partial charge on any atom is 0.272 e. The molecule has 0 fully saturated rings. The second-order valence-corrected chi connectivity index (χ2v) is 8.07. The average Bonchev–Trinajstić information content (AvgIpc) is 3.33. The van der Waals surface area contributed by atoms with E-state index in [9.17, 15) is 4.79 Å². The van der Waals surface area contributed by atoms with Crippen molar-refractivity contribution in [1.82, 2.24) is 10.4 Å². The SMILES string of the molecule is C/C(=N/NC(=O)c1cccnc1)c1ccc2c(c1)[C@H]1C=CC[C@@H]1[C@H](c1ccccc1)N2. The summed E-state index contributed by atoms with van der Waals surface area (Å²) in [4.78, 5) is 16.2. The molecule has 1 aromatic heterocycles. The quantitative estimate of drug-likeness (QED) is 0.360. The van der Waals surface area contributed by atoms with Crippen LogP contribution < -0.4 is 10.7 Å². The van der Waals surface area contributed by atoms with E-state index in [0.29, 0.717) is 23.4 Å². The van der Waals surface area contributed by atoms with Gasteiger partial charge in [-0.3, -0.25) is 9.78 Å². The Morgan fingerprint density at radius 2 is 1.97 bits per heavy atom. The molecule has 5 nitrogen and oxygen atoms in total. The van der Waals surface area contributed by atoms with Crippen molar-refractivity contribution in [3.63, 3.8) is 0 Å². The van der Waals surface area contributed by atoms with Crippen LogP contribution in [0.2, 0.25) is 0 Å². The highest BCUT2D eigenvalue weighted by molar-refractivity contribution is 6.01. The zero-order chi connectivity index (χ0) is 21.2. The van der Waals surface area contributed by atoms with Gasteiger partial charge in [-0.2, -0.15) is 5.10 Å². The summed E-state index contributed by atoms with van der Waals surface area (Å²) in [5, 5.41) is 8.08. The first kappa shape index (κ1) is 19.2. The van der Waals surface area contributed by atoms with Gasteiger partial charge in [0.2, 0.25) is 0 Å². The third kappa shape index (κ3) is 3.75. The first-order valence-corrected chi connectivity index (χ1v) is 10.6. The number of hydrogen-bond acceptors (Lipinski definition) is 4. The first-order chi connectivity index (χ1) is 15.2. The second kappa shape index (κ2) is 8.19. The molecule has 3 atom stereocenters. The molecule has 0 spiro atoms. The Hall–Kier alpha value is -3.73. The largest absolute Gasteiger partial charge is 0.378 e. The number of fused-ring (bicyclic) bond motifs is 3. The average molecular weight is 409 g/mol. The molecule has 2 heterocycles.